The molecule has 19 heavy (non-hydrogen) atoms. The molecule has 0 atom stereocenters. The highest BCUT2D eigenvalue weighted by atomic mass is 16.5. The second kappa shape index (κ2) is 4.91. The molecule has 0 fully saturated rings. The van der Waals surface area contributed by atoms with Crippen molar-refractivity contribution in [3.05, 3.63) is 29.8 Å². The van der Waals surface area contributed by atoms with Crippen molar-refractivity contribution in [2.45, 2.75) is 19.8 Å². The number of fused-ring (bicyclic) bond motifs is 1. The first-order valence-electron chi connectivity index (χ1n) is 6.23. The molecular weight excluding hydrogens is 242 g/mol. The van der Waals surface area contributed by atoms with Gasteiger partial charge in [0.05, 0.1) is 12.6 Å². The third kappa shape index (κ3) is 2.28. The van der Waals surface area contributed by atoms with E-state index in [9.17, 15) is 4.79 Å². The van der Waals surface area contributed by atoms with Crippen molar-refractivity contribution in [1.29, 1.82) is 0 Å². The molecule has 0 aliphatic carbocycles. The van der Waals surface area contributed by atoms with Crippen LogP contribution in [0.2, 0.25) is 0 Å². The van der Waals surface area contributed by atoms with E-state index in [2.05, 4.69) is 18.8 Å². The van der Waals surface area contributed by atoms with Crippen molar-refractivity contribution >= 4 is 11.4 Å². The maximum absolute atomic E-state index is 12.2. The minimum absolute atomic E-state index is 0.0994. The molecule has 0 aromatic carbocycles. The van der Waals surface area contributed by atoms with Crippen molar-refractivity contribution in [1.82, 2.24) is 14.3 Å². The van der Waals surface area contributed by atoms with E-state index in [0.717, 1.165) is 17.1 Å². The highest BCUT2D eigenvalue weighted by Crippen LogP contribution is 2.23. The molecule has 0 aliphatic heterocycles. The van der Waals surface area contributed by atoms with E-state index in [0.29, 0.717) is 5.69 Å². The van der Waals surface area contributed by atoms with E-state index in [1.165, 1.54) is 4.90 Å². The Morgan fingerprint density at radius 3 is 2.63 bits per heavy atom. The third-order valence-electron chi connectivity index (χ3n) is 3.00. The van der Waals surface area contributed by atoms with Crippen molar-refractivity contribution in [2.24, 2.45) is 0 Å². The van der Waals surface area contributed by atoms with Crippen LogP contribution in [0.4, 0.5) is 0 Å². The van der Waals surface area contributed by atoms with Gasteiger partial charge in [-0.1, -0.05) is 13.8 Å². The van der Waals surface area contributed by atoms with Crippen LogP contribution < -0.4 is 4.74 Å². The molecule has 0 N–H and O–H groups in total. The number of pyridine rings is 1. The normalized spacial score (nSPS) is 11.1. The number of hydrogen-bond acceptors (Lipinski definition) is 3. The molecule has 0 bridgehead atoms. The zero-order valence-corrected chi connectivity index (χ0v) is 12.0. The number of carbonyl (C=O) groups excluding carboxylic acids is 1. The van der Waals surface area contributed by atoms with Gasteiger partial charge >= 0.3 is 0 Å². The van der Waals surface area contributed by atoms with Gasteiger partial charge in [-0.25, -0.2) is 4.98 Å². The van der Waals surface area contributed by atoms with Gasteiger partial charge in [-0.15, -0.1) is 0 Å². The Hall–Kier alpha value is -2.04. The van der Waals surface area contributed by atoms with E-state index in [1.54, 1.807) is 21.2 Å². The first kappa shape index (κ1) is 13.4. The van der Waals surface area contributed by atoms with Crippen LogP contribution in [0.1, 0.15) is 36.1 Å². The molecule has 2 aromatic rings. The molecular formula is C14H19N3O2. The summed E-state index contributed by atoms with van der Waals surface area (Å²) < 4.78 is 7.17. The van der Waals surface area contributed by atoms with Crippen molar-refractivity contribution in [3.63, 3.8) is 0 Å². The van der Waals surface area contributed by atoms with Crippen LogP contribution in [0.15, 0.2) is 18.3 Å². The number of rotatable bonds is 3. The first-order valence-corrected chi connectivity index (χ1v) is 6.23. The summed E-state index contributed by atoms with van der Waals surface area (Å²) in [6.45, 7) is 4.12. The Labute approximate surface area is 112 Å². The standard InChI is InChI=1S/C14H19N3O2/c1-9(2)13-15-12(14(18)16(3)4)11-8-10(19-5)6-7-17(11)13/h6-9H,1-5H3. The fourth-order valence-electron chi connectivity index (χ4n) is 1.99. The Kier molecular flexibility index (Phi) is 3.46. The second-order valence-corrected chi connectivity index (χ2v) is 4.99. The quantitative estimate of drug-likeness (QED) is 0.850. The summed E-state index contributed by atoms with van der Waals surface area (Å²) in [7, 11) is 5.06. The van der Waals surface area contributed by atoms with Crippen molar-refractivity contribution in [3.8, 4) is 5.75 Å². The van der Waals surface area contributed by atoms with Gasteiger partial charge in [-0.05, 0) is 6.07 Å². The Balaban J connectivity index is 2.71. The molecule has 2 heterocycles. The topological polar surface area (TPSA) is 46.8 Å². The summed E-state index contributed by atoms with van der Waals surface area (Å²) in [6, 6.07) is 3.71. The number of imidazole rings is 1. The van der Waals surface area contributed by atoms with Crippen LogP contribution in [-0.4, -0.2) is 41.4 Å². The number of aromatic nitrogens is 2. The summed E-state index contributed by atoms with van der Waals surface area (Å²) in [5.74, 6) is 1.74. The van der Waals surface area contributed by atoms with Gasteiger partial charge in [0, 0.05) is 32.3 Å². The van der Waals surface area contributed by atoms with Crippen LogP contribution >= 0.6 is 0 Å². The summed E-state index contributed by atoms with van der Waals surface area (Å²) >= 11 is 0. The van der Waals surface area contributed by atoms with Gasteiger partial charge in [0.1, 0.15) is 11.6 Å². The van der Waals surface area contributed by atoms with E-state index < -0.39 is 0 Å². The minimum atomic E-state index is -0.0994. The minimum Gasteiger partial charge on any atom is -0.497 e. The molecule has 0 saturated heterocycles. The molecule has 5 nitrogen and oxygen atoms in total. The largest absolute Gasteiger partial charge is 0.497 e. The smallest absolute Gasteiger partial charge is 0.274 e. The molecule has 0 saturated carbocycles. The van der Waals surface area contributed by atoms with Crippen molar-refractivity contribution < 1.29 is 9.53 Å². The predicted molar refractivity (Wildman–Crippen MR) is 73.9 cm³/mol. The number of hydrogen-bond donors (Lipinski definition) is 0. The summed E-state index contributed by atoms with van der Waals surface area (Å²) in [5, 5.41) is 0. The third-order valence-corrected chi connectivity index (χ3v) is 3.00. The van der Waals surface area contributed by atoms with E-state index in [-0.39, 0.29) is 11.8 Å². The van der Waals surface area contributed by atoms with Crippen LogP contribution in [0, 0.1) is 0 Å². The lowest BCUT2D eigenvalue weighted by atomic mass is 10.2. The maximum atomic E-state index is 12.2. The van der Waals surface area contributed by atoms with Crippen LogP contribution in [-0.2, 0) is 0 Å². The molecule has 0 unspecified atom stereocenters. The van der Waals surface area contributed by atoms with Gasteiger partial charge in [-0.3, -0.25) is 4.79 Å². The number of carbonyl (C=O) groups is 1. The van der Waals surface area contributed by atoms with Gasteiger partial charge < -0.3 is 14.0 Å². The first-order chi connectivity index (χ1) is 8.95. The number of methoxy groups -OCH3 is 1. The monoisotopic (exact) mass is 261 g/mol. The van der Waals surface area contributed by atoms with Crippen molar-refractivity contribution in [2.75, 3.05) is 21.2 Å². The molecule has 5 heteroatoms. The lowest BCUT2D eigenvalue weighted by molar-refractivity contribution is 0.0824. The molecule has 102 valence electrons. The van der Waals surface area contributed by atoms with Gasteiger partial charge in [-0.2, -0.15) is 0 Å². The fraction of sp³-hybridized carbons (Fsp3) is 0.429. The highest BCUT2D eigenvalue weighted by Gasteiger charge is 2.20. The summed E-state index contributed by atoms with van der Waals surface area (Å²) in [6.07, 6.45) is 1.89. The zero-order valence-electron chi connectivity index (χ0n) is 12.0. The average Bonchev–Trinajstić information content (AvgIpc) is 2.76. The maximum Gasteiger partial charge on any atom is 0.274 e. The molecule has 1 amide bonds. The van der Waals surface area contributed by atoms with Crippen LogP contribution in [0.5, 0.6) is 5.75 Å². The lowest BCUT2D eigenvalue weighted by Crippen LogP contribution is -2.22. The Morgan fingerprint density at radius 1 is 1.42 bits per heavy atom. The summed E-state index contributed by atoms with van der Waals surface area (Å²) in [5.41, 5.74) is 1.24. The second-order valence-electron chi connectivity index (χ2n) is 4.99. The lowest BCUT2D eigenvalue weighted by Gasteiger charge is -2.08. The Bertz CT molecular complexity index is 614. The average molecular weight is 261 g/mol. The number of ether oxygens (including phenoxy) is 1. The SMILES string of the molecule is COc1ccn2c(C(C)C)nc(C(=O)N(C)C)c2c1. The van der Waals surface area contributed by atoms with E-state index in [1.807, 2.05) is 22.7 Å². The van der Waals surface area contributed by atoms with Crippen LogP contribution in [0.3, 0.4) is 0 Å². The number of nitrogens with zero attached hydrogens (tertiary/aromatic N) is 3. The van der Waals surface area contributed by atoms with Gasteiger partial charge in [0.2, 0.25) is 0 Å². The Morgan fingerprint density at radius 2 is 2.11 bits per heavy atom. The highest BCUT2D eigenvalue weighted by molar-refractivity contribution is 5.99. The van der Waals surface area contributed by atoms with E-state index >= 15 is 0 Å². The fourth-order valence-corrected chi connectivity index (χ4v) is 1.99. The van der Waals surface area contributed by atoms with E-state index in [4.69, 9.17) is 4.74 Å². The number of amides is 1. The predicted octanol–water partition coefficient (Wildman–Crippen LogP) is 2.17. The molecule has 2 aromatic heterocycles. The van der Waals surface area contributed by atoms with Gasteiger partial charge in [0.25, 0.3) is 5.91 Å². The molecule has 0 radical (unpaired) electrons. The van der Waals surface area contributed by atoms with Gasteiger partial charge in [0.15, 0.2) is 5.69 Å². The molecule has 0 aliphatic rings. The molecule has 0 spiro atoms. The zero-order chi connectivity index (χ0) is 14.2. The van der Waals surface area contributed by atoms with Crippen LogP contribution in [0.25, 0.3) is 5.52 Å². The molecule has 2 rings (SSSR count). The summed E-state index contributed by atoms with van der Waals surface area (Å²) in [4.78, 5) is 18.2.